The molecule has 0 heterocycles. The number of rotatable bonds is 10. The second-order valence-corrected chi connectivity index (χ2v) is 27.7. The molecular weight excluding hydrogens is 1200 g/mol. The molecule has 0 bridgehead atoms. The molecule has 15 aromatic rings. The summed E-state index contributed by atoms with van der Waals surface area (Å²) in [6, 6.07) is 132. The largest absolute Gasteiger partial charge is 0.356 e. The zero-order valence-electron chi connectivity index (χ0n) is 56.1. The topological polar surface area (TPSA) is 36.1 Å². The van der Waals surface area contributed by atoms with Gasteiger partial charge in [-0.15, -0.1) is 0 Å². The van der Waals surface area contributed by atoms with E-state index in [1.165, 1.54) is 122 Å². The summed E-state index contributed by atoms with van der Waals surface area (Å²) in [5, 5.41) is 13.5. The highest BCUT2D eigenvalue weighted by molar-refractivity contribution is 5.97. The number of hydrogen-bond acceptors (Lipinski definition) is 3. The Morgan fingerprint density at radius 2 is 0.475 bits per heavy atom. The Hall–Kier alpha value is -12.0. The fourth-order valence-corrected chi connectivity index (χ4v) is 17.0. The third kappa shape index (κ3) is 10.1. The van der Waals surface area contributed by atoms with Gasteiger partial charge in [0.05, 0.1) is 10.8 Å². The molecule has 3 heteroatoms. The molecule has 0 aliphatic heterocycles. The molecule has 0 aromatic heterocycles. The van der Waals surface area contributed by atoms with Crippen molar-refractivity contribution in [2.75, 3.05) is 16.0 Å². The molecule has 0 spiro atoms. The van der Waals surface area contributed by atoms with Crippen LogP contribution in [0.4, 0.5) is 34.1 Å². The summed E-state index contributed by atoms with van der Waals surface area (Å²) in [6.45, 7) is 9.32. The van der Waals surface area contributed by atoms with E-state index in [1.54, 1.807) is 0 Å². The van der Waals surface area contributed by atoms with Crippen molar-refractivity contribution in [1.82, 2.24) is 0 Å². The van der Waals surface area contributed by atoms with Crippen molar-refractivity contribution < 1.29 is 0 Å². The fourth-order valence-electron chi connectivity index (χ4n) is 17.0. The van der Waals surface area contributed by atoms with Crippen LogP contribution >= 0.6 is 0 Å². The average molecular weight is 1270 g/mol. The molecule has 0 radical (unpaired) electrons. The van der Waals surface area contributed by atoms with Crippen molar-refractivity contribution >= 4 is 44.9 Å². The Morgan fingerprint density at radius 1 is 0.192 bits per heavy atom. The summed E-state index contributed by atoms with van der Waals surface area (Å²) < 4.78 is 0. The van der Waals surface area contributed by atoms with Crippen molar-refractivity contribution in [2.24, 2.45) is 0 Å². The van der Waals surface area contributed by atoms with Gasteiger partial charge in [-0.1, -0.05) is 325 Å². The lowest BCUT2D eigenvalue weighted by Gasteiger charge is -2.34. The van der Waals surface area contributed by atoms with E-state index < -0.39 is 0 Å². The number of nitrogens with one attached hydrogen (secondary N) is 3. The molecular formula is C96H75N3. The molecule has 3 nitrogen and oxygen atoms in total. The highest BCUT2D eigenvalue weighted by Gasteiger charge is 2.48. The van der Waals surface area contributed by atoms with Crippen LogP contribution in [0.15, 0.2) is 364 Å². The summed E-state index contributed by atoms with van der Waals surface area (Å²) >= 11 is 0. The van der Waals surface area contributed by atoms with Crippen LogP contribution in [0.25, 0.3) is 55.3 Å². The highest BCUT2D eigenvalue weighted by atomic mass is 14.9. The smallest absolute Gasteiger partial charge is 0.0714 e. The first-order valence-corrected chi connectivity index (χ1v) is 34.6. The molecule has 4 aliphatic carbocycles. The molecule has 0 saturated heterocycles. The Bertz CT molecular complexity index is 5330. The minimum Gasteiger partial charge on any atom is -0.356 e. The lowest BCUT2D eigenvalue weighted by molar-refractivity contribution is 0.660. The van der Waals surface area contributed by atoms with Gasteiger partial charge in [0, 0.05) is 50.3 Å². The van der Waals surface area contributed by atoms with E-state index in [2.05, 4.69) is 402 Å². The maximum atomic E-state index is 3.74. The van der Waals surface area contributed by atoms with E-state index in [9.17, 15) is 0 Å². The lowest BCUT2D eigenvalue weighted by atomic mass is 9.67. The van der Waals surface area contributed by atoms with Crippen molar-refractivity contribution in [3.05, 3.63) is 431 Å². The standard InChI is InChI=1S/C35H25N.C31H23N.C30H27N/c1-3-14-26(15-4-1)35(27-16-5-2-6-17-27)32-20-10-9-19-30(32)31-23-22-28(24-33(31)35)36-34-21-11-13-25-12-7-8-18-29(25)34;1-4-12-23(13-5-1)31(24-14-6-2-7-15-24)29-19-11-10-18-27(29)28-21-20-26(22-30(28)31)32-25-16-8-3-9-17-25;1-29(2)25-11-7-5-9-21(25)23-15-13-19(17-27(23)29)31-20-14-16-24-22-10-6-8-12-26(22)30(3,4)28(24)18-20/h1-24,36H;1-22,32H;5-18,31H,1-4H3. The van der Waals surface area contributed by atoms with Gasteiger partial charge < -0.3 is 16.0 Å². The van der Waals surface area contributed by atoms with Crippen LogP contribution in [-0.4, -0.2) is 0 Å². The highest BCUT2D eigenvalue weighted by Crippen LogP contribution is 2.59. The molecule has 0 fully saturated rings. The summed E-state index contributed by atoms with van der Waals surface area (Å²) in [5.74, 6) is 0. The molecule has 19 rings (SSSR count). The number of benzene rings is 15. The number of anilines is 6. The van der Waals surface area contributed by atoms with Crippen LogP contribution in [0, 0.1) is 0 Å². The predicted molar refractivity (Wildman–Crippen MR) is 416 cm³/mol. The summed E-state index contributed by atoms with van der Waals surface area (Å²) in [5.41, 5.74) is 32.7. The first-order valence-electron chi connectivity index (χ1n) is 34.6. The first kappa shape index (κ1) is 60.6. The van der Waals surface area contributed by atoms with E-state index in [4.69, 9.17) is 0 Å². The Morgan fingerprint density at radius 3 is 0.889 bits per heavy atom. The van der Waals surface area contributed by atoms with Crippen LogP contribution in [0.1, 0.15) is 94.5 Å². The maximum absolute atomic E-state index is 3.74. The van der Waals surface area contributed by atoms with Gasteiger partial charge in [0.1, 0.15) is 0 Å². The molecule has 4 aliphatic rings. The van der Waals surface area contributed by atoms with Crippen LogP contribution in [-0.2, 0) is 21.7 Å². The van der Waals surface area contributed by atoms with Crippen LogP contribution < -0.4 is 16.0 Å². The molecule has 0 unspecified atom stereocenters. The van der Waals surface area contributed by atoms with E-state index in [1.807, 2.05) is 6.07 Å². The van der Waals surface area contributed by atoms with Crippen molar-refractivity contribution in [3.63, 3.8) is 0 Å². The van der Waals surface area contributed by atoms with Crippen LogP contribution in [0.2, 0.25) is 0 Å². The van der Waals surface area contributed by atoms with Gasteiger partial charge in [0.2, 0.25) is 0 Å². The van der Waals surface area contributed by atoms with Crippen molar-refractivity contribution in [3.8, 4) is 44.5 Å². The third-order valence-electron chi connectivity index (χ3n) is 21.5. The van der Waals surface area contributed by atoms with Gasteiger partial charge in [-0.2, -0.15) is 0 Å². The fraction of sp³-hybridized carbons (Fsp3) is 0.0833. The second kappa shape index (κ2) is 24.6. The summed E-state index contributed by atoms with van der Waals surface area (Å²) in [6.07, 6.45) is 0. The van der Waals surface area contributed by atoms with Gasteiger partial charge in [0.15, 0.2) is 0 Å². The average Bonchev–Trinajstić information content (AvgIpc) is 1.67. The van der Waals surface area contributed by atoms with Gasteiger partial charge in [-0.25, -0.2) is 0 Å². The number of hydrogen-bond donors (Lipinski definition) is 3. The quantitative estimate of drug-likeness (QED) is 0.128. The van der Waals surface area contributed by atoms with Crippen molar-refractivity contribution in [1.29, 1.82) is 0 Å². The molecule has 15 aromatic carbocycles. The zero-order valence-corrected chi connectivity index (χ0v) is 56.1. The molecule has 474 valence electrons. The normalized spacial score (nSPS) is 14.2. The second-order valence-electron chi connectivity index (χ2n) is 27.7. The van der Waals surface area contributed by atoms with Gasteiger partial charge >= 0.3 is 0 Å². The van der Waals surface area contributed by atoms with Crippen LogP contribution in [0.3, 0.4) is 0 Å². The minimum atomic E-state index is -0.384. The maximum Gasteiger partial charge on any atom is 0.0714 e. The summed E-state index contributed by atoms with van der Waals surface area (Å²) in [7, 11) is 0. The molecule has 3 N–H and O–H groups in total. The first-order chi connectivity index (χ1) is 48.6. The third-order valence-corrected chi connectivity index (χ3v) is 21.5. The Balaban J connectivity index is 0.000000112. The van der Waals surface area contributed by atoms with E-state index in [0.717, 1.165) is 34.1 Å². The predicted octanol–water partition coefficient (Wildman–Crippen LogP) is 24.8. The van der Waals surface area contributed by atoms with E-state index in [0.29, 0.717) is 0 Å². The molecule has 0 saturated carbocycles. The number of fused-ring (bicyclic) bond motifs is 13. The summed E-state index contributed by atoms with van der Waals surface area (Å²) in [4.78, 5) is 0. The van der Waals surface area contributed by atoms with Crippen molar-refractivity contribution in [2.45, 2.75) is 49.4 Å². The lowest BCUT2D eigenvalue weighted by Crippen LogP contribution is -2.28. The van der Waals surface area contributed by atoms with E-state index >= 15 is 0 Å². The minimum absolute atomic E-state index is 0.0190. The Kier molecular flexibility index (Phi) is 15.0. The molecule has 0 atom stereocenters. The molecule has 0 amide bonds. The van der Waals surface area contributed by atoms with Crippen LogP contribution in [0.5, 0.6) is 0 Å². The Labute approximate surface area is 581 Å². The zero-order chi connectivity index (χ0) is 66.7. The van der Waals surface area contributed by atoms with Gasteiger partial charge in [-0.3, -0.25) is 0 Å². The SMILES string of the molecule is CC1(C)c2ccccc2-c2ccc(Nc3ccc4c(c3)C(C)(C)c3ccccc3-4)cc21.c1ccc(C2(c3ccccc3)c3ccccc3-c3ccc(Nc4cccc5ccccc45)cc32)cc1.c1ccc(Nc2ccc3c(c2)C(c2ccccc2)(c2ccccc2)c2ccccc2-3)cc1. The van der Waals surface area contributed by atoms with E-state index in [-0.39, 0.29) is 21.7 Å². The number of para-hydroxylation sites is 1. The van der Waals surface area contributed by atoms with Gasteiger partial charge in [-0.05, 0) is 183 Å². The molecule has 99 heavy (non-hydrogen) atoms. The monoisotopic (exact) mass is 1270 g/mol. The van der Waals surface area contributed by atoms with Gasteiger partial charge in [0.25, 0.3) is 0 Å².